The van der Waals surface area contributed by atoms with Gasteiger partial charge >= 0.3 is 0 Å². The number of aromatic nitrogens is 2. The third kappa shape index (κ3) is 2.40. The standard InChI is InChI=1S/C12H19N3O2/c1-3-9-6-10(15(2)14-9)7-11(16)12(13)4-5-17-8-12/h6H,3-5,7-8,13H2,1-2H3. The first-order valence-corrected chi connectivity index (χ1v) is 5.97. The zero-order valence-electron chi connectivity index (χ0n) is 10.4. The Morgan fingerprint density at radius 3 is 3.00 bits per heavy atom. The molecule has 1 aromatic rings. The molecule has 1 atom stereocenters. The Morgan fingerprint density at radius 2 is 2.47 bits per heavy atom. The summed E-state index contributed by atoms with van der Waals surface area (Å²) in [5, 5.41) is 4.32. The first kappa shape index (κ1) is 12.3. The molecule has 0 radical (unpaired) electrons. The van der Waals surface area contributed by atoms with E-state index in [0.29, 0.717) is 26.1 Å². The Hall–Kier alpha value is -1.20. The van der Waals surface area contributed by atoms with E-state index in [1.165, 1.54) is 0 Å². The van der Waals surface area contributed by atoms with E-state index >= 15 is 0 Å². The molecule has 1 unspecified atom stereocenters. The molecule has 17 heavy (non-hydrogen) atoms. The summed E-state index contributed by atoms with van der Waals surface area (Å²) in [7, 11) is 1.86. The minimum Gasteiger partial charge on any atom is -0.379 e. The van der Waals surface area contributed by atoms with Crippen molar-refractivity contribution in [1.82, 2.24) is 9.78 Å². The second kappa shape index (κ2) is 4.58. The van der Waals surface area contributed by atoms with E-state index in [1.807, 2.05) is 20.0 Å². The van der Waals surface area contributed by atoms with Gasteiger partial charge in [-0.1, -0.05) is 6.92 Å². The van der Waals surface area contributed by atoms with Crippen LogP contribution in [-0.4, -0.2) is 34.3 Å². The fraction of sp³-hybridized carbons (Fsp3) is 0.667. The number of Topliss-reactive ketones (excluding diaryl/α,β-unsaturated/α-hetero) is 1. The van der Waals surface area contributed by atoms with Crippen LogP contribution in [0.5, 0.6) is 0 Å². The molecule has 0 bridgehead atoms. The summed E-state index contributed by atoms with van der Waals surface area (Å²) in [5.74, 6) is 0.0423. The highest BCUT2D eigenvalue weighted by atomic mass is 16.5. The molecule has 94 valence electrons. The van der Waals surface area contributed by atoms with Crippen LogP contribution in [-0.2, 0) is 29.4 Å². The molecule has 1 aromatic heterocycles. The minimum absolute atomic E-state index is 0.0423. The van der Waals surface area contributed by atoms with Gasteiger partial charge in [-0.25, -0.2) is 0 Å². The van der Waals surface area contributed by atoms with Crippen molar-refractivity contribution >= 4 is 5.78 Å². The lowest BCUT2D eigenvalue weighted by Gasteiger charge is -2.19. The molecule has 0 amide bonds. The van der Waals surface area contributed by atoms with Crippen LogP contribution in [0.25, 0.3) is 0 Å². The summed E-state index contributed by atoms with van der Waals surface area (Å²) in [6.07, 6.45) is 1.83. The number of aryl methyl sites for hydroxylation is 2. The average Bonchev–Trinajstić information content (AvgIpc) is 2.87. The number of rotatable bonds is 4. The Morgan fingerprint density at radius 1 is 1.71 bits per heavy atom. The van der Waals surface area contributed by atoms with Crippen molar-refractivity contribution in [2.45, 2.75) is 31.7 Å². The van der Waals surface area contributed by atoms with Crippen LogP contribution in [0.1, 0.15) is 24.7 Å². The largest absolute Gasteiger partial charge is 0.379 e. The van der Waals surface area contributed by atoms with Crippen molar-refractivity contribution in [3.05, 3.63) is 17.5 Å². The summed E-state index contributed by atoms with van der Waals surface area (Å²) in [6.45, 7) is 2.96. The first-order valence-electron chi connectivity index (χ1n) is 5.97. The molecule has 2 N–H and O–H groups in total. The SMILES string of the molecule is CCc1cc(CC(=O)C2(N)CCOC2)n(C)n1. The average molecular weight is 237 g/mol. The number of carbonyl (C=O) groups is 1. The smallest absolute Gasteiger partial charge is 0.161 e. The summed E-state index contributed by atoms with van der Waals surface area (Å²) >= 11 is 0. The van der Waals surface area contributed by atoms with Crippen molar-refractivity contribution in [2.75, 3.05) is 13.2 Å². The molecule has 5 nitrogen and oxygen atoms in total. The van der Waals surface area contributed by atoms with E-state index in [2.05, 4.69) is 5.10 Å². The van der Waals surface area contributed by atoms with Gasteiger partial charge in [-0.15, -0.1) is 0 Å². The van der Waals surface area contributed by atoms with Crippen molar-refractivity contribution in [2.24, 2.45) is 12.8 Å². The van der Waals surface area contributed by atoms with Gasteiger partial charge in [0.15, 0.2) is 5.78 Å². The predicted molar refractivity (Wildman–Crippen MR) is 63.7 cm³/mol. The molecule has 1 aliphatic heterocycles. The van der Waals surface area contributed by atoms with Gasteiger partial charge in [0.05, 0.1) is 18.7 Å². The minimum atomic E-state index is -0.795. The van der Waals surface area contributed by atoms with Gasteiger partial charge in [-0.3, -0.25) is 9.48 Å². The number of hydrogen-bond acceptors (Lipinski definition) is 4. The summed E-state index contributed by atoms with van der Waals surface area (Å²) in [5.41, 5.74) is 7.16. The van der Waals surface area contributed by atoms with Gasteiger partial charge in [0.25, 0.3) is 0 Å². The molecule has 0 saturated carbocycles. The van der Waals surface area contributed by atoms with Gasteiger partial charge in [0.1, 0.15) is 5.54 Å². The van der Waals surface area contributed by atoms with E-state index in [9.17, 15) is 4.79 Å². The normalized spacial score (nSPS) is 24.2. The molecule has 1 fully saturated rings. The molecule has 5 heteroatoms. The Balaban J connectivity index is 2.09. The topological polar surface area (TPSA) is 70.1 Å². The zero-order chi connectivity index (χ0) is 12.5. The van der Waals surface area contributed by atoms with E-state index in [-0.39, 0.29) is 5.78 Å². The van der Waals surface area contributed by atoms with Crippen LogP contribution < -0.4 is 5.73 Å². The summed E-state index contributed by atoms with van der Waals surface area (Å²) < 4.78 is 6.97. The Labute approximate surface area is 101 Å². The lowest BCUT2D eigenvalue weighted by molar-refractivity contribution is -0.123. The van der Waals surface area contributed by atoms with Crippen LogP contribution in [0.3, 0.4) is 0 Å². The third-order valence-corrected chi connectivity index (χ3v) is 3.34. The van der Waals surface area contributed by atoms with Gasteiger partial charge in [0.2, 0.25) is 0 Å². The number of nitrogens with zero attached hydrogens (tertiary/aromatic N) is 2. The maximum absolute atomic E-state index is 12.1. The van der Waals surface area contributed by atoms with E-state index in [1.54, 1.807) is 4.68 Å². The molecule has 2 rings (SSSR count). The van der Waals surface area contributed by atoms with Gasteiger partial charge in [0, 0.05) is 19.3 Å². The van der Waals surface area contributed by atoms with Crippen molar-refractivity contribution < 1.29 is 9.53 Å². The highest BCUT2D eigenvalue weighted by Gasteiger charge is 2.37. The summed E-state index contributed by atoms with van der Waals surface area (Å²) in [4.78, 5) is 12.1. The second-order valence-corrected chi connectivity index (χ2v) is 4.66. The van der Waals surface area contributed by atoms with Gasteiger partial charge < -0.3 is 10.5 Å². The number of hydrogen-bond donors (Lipinski definition) is 1. The lowest BCUT2D eigenvalue weighted by Crippen LogP contribution is -2.49. The zero-order valence-corrected chi connectivity index (χ0v) is 10.4. The van der Waals surface area contributed by atoms with Crippen molar-refractivity contribution in [3.63, 3.8) is 0 Å². The monoisotopic (exact) mass is 237 g/mol. The Bertz CT molecular complexity index is 419. The molecule has 1 saturated heterocycles. The molecule has 1 aliphatic rings. The molecular formula is C12H19N3O2. The number of carbonyl (C=O) groups excluding carboxylic acids is 1. The van der Waals surface area contributed by atoms with E-state index < -0.39 is 5.54 Å². The van der Waals surface area contributed by atoms with Gasteiger partial charge in [-0.2, -0.15) is 5.10 Å². The van der Waals surface area contributed by atoms with Crippen LogP contribution in [0.15, 0.2) is 6.07 Å². The molecule has 0 spiro atoms. The van der Waals surface area contributed by atoms with Gasteiger partial charge in [-0.05, 0) is 18.9 Å². The van der Waals surface area contributed by atoms with E-state index in [0.717, 1.165) is 17.8 Å². The maximum atomic E-state index is 12.1. The maximum Gasteiger partial charge on any atom is 0.161 e. The van der Waals surface area contributed by atoms with Crippen LogP contribution >= 0.6 is 0 Å². The van der Waals surface area contributed by atoms with Crippen LogP contribution in [0, 0.1) is 0 Å². The summed E-state index contributed by atoms with van der Waals surface area (Å²) in [6, 6.07) is 1.97. The van der Waals surface area contributed by atoms with Crippen molar-refractivity contribution in [3.8, 4) is 0 Å². The van der Waals surface area contributed by atoms with E-state index in [4.69, 9.17) is 10.5 Å². The predicted octanol–water partition coefficient (Wildman–Crippen LogP) is 0.212. The number of ether oxygens (including phenoxy) is 1. The second-order valence-electron chi connectivity index (χ2n) is 4.66. The number of ketones is 1. The quantitative estimate of drug-likeness (QED) is 0.812. The highest BCUT2D eigenvalue weighted by Crippen LogP contribution is 2.19. The molecule has 0 aliphatic carbocycles. The molecular weight excluding hydrogens is 218 g/mol. The third-order valence-electron chi connectivity index (χ3n) is 3.34. The lowest BCUT2D eigenvalue weighted by atomic mass is 9.91. The van der Waals surface area contributed by atoms with Crippen molar-refractivity contribution in [1.29, 1.82) is 0 Å². The molecule has 0 aromatic carbocycles. The van der Waals surface area contributed by atoms with Crippen LogP contribution in [0.4, 0.5) is 0 Å². The molecule has 2 heterocycles. The fourth-order valence-electron chi connectivity index (χ4n) is 2.05. The van der Waals surface area contributed by atoms with Crippen LogP contribution in [0.2, 0.25) is 0 Å². The first-order chi connectivity index (χ1) is 8.05. The highest BCUT2D eigenvalue weighted by molar-refractivity contribution is 5.90. The Kier molecular flexibility index (Phi) is 3.31. The fourth-order valence-corrected chi connectivity index (χ4v) is 2.05. The number of nitrogens with two attached hydrogens (primary N) is 1.